The van der Waals surface area contributed by atoms with Gasteiger partial charge in [0.05, 0.1) is 22.9 Å². The number of methoxy groups -OCH3 is 1. The summed E-state index contributed by atoms with van der Waals surface area (Å²) < 4.78 is 44.1. The molecule has 0 aliphatic carbocycles. The van der Waals surface area contributed by atoms with E-state index in [4.69, 9.17) is 4.74 Å². The smallest absolute Gasteiger partial charge is 0.416 e. The largest absolute Gasteiger partial charge is 0.510 e. The van der Waals surface area contributed by atoms with Crippen LogP contribution < -0.4 is 4.74 Å². The van der Waals surface area contributed by atoms with E-state index >= 15 is 0 Å². The minimum Gasteiger partial charge on any atom is -0.510 e. The third kappa shape index (κ3) is 4.04. The van der Waals surface area contributed by atoms with E-state index in [1.54, 1.807) is 24.3 Å². The van der Waals surface area contributed by atoms with Gasteiger partial charge in [0.15, 0.2) is 0 Å². The number of nitrogens with zero attached hydrogens (tertiary/aromatic N) is 2. The SMILES string of the molecule is COc1ccc(CC(O)=C(C#N)c2nc3cc(C(F)(F)F)ccc3s2)cc1. The second kappa shape index (κ2) is 7.29. The van der Waals surface area contributed by atoms with Gasteiger partial charge in [-0.15, -0.1) is 11.3 Å². The Morgan fingerprint density at radius 1 is 1.22 bits per heavy atom. The topological polar surface area (TPSA) is 66.1 Å². The molecular weight excluding hydrogens is 377 g/mol. The first kappa shape index (κ1) is 18.7. The maximum absolute atomic E-state index is 12.8. The second-order valence-electron chi connectivity index (χ2n) is 5.66. The van der Waals surface area contributed by atoms with Gasteiger partial charge in [-0.05, 0) is 35.9 Å². The number of alkyl halides is 3. The highest BCUT2D eigenvalue weighted by Crippen LogP contribution is 2.34. The summed E-state index contributed by atoms with van der Waals surface area (Å²) in [5.74, 6) is 0.465. The number of allylic oxidation sites excluding steroid dienone is 2. The van der Waals surface area contributed by atoms with E-state index < -0.39 is 11.7 Å². The van der Waals surface area contributed by atoms with Crippen molar-refractivity contribution in [2.24, 2.45) is 0 Å². The summed E-state index contributed by atoms with van der Waals surface area (Å²) in [6.07, 6.45) is -4.38. The molecule has 0 saturated heterocycles. The molecule has 1 heterocycles. The van der Waals surface area contributed by atoms with Gasteiger partial charge < -0.3 is 9.84 Å². The fourth-order valence-electron chi connectivity index (χ4n) is 2.47. The van der Waals surface area contributed by atoms with Gasteiger partial charge in [0, 0.05) is 6.42 Å². The monoisotopic (exact) mass is 390 g/mol. The van der Waals surface area contributed by atoms with Gasteiger partial charge in [-0.25, -0.2) is 4.98 Å². The number of fused-ring (bicyclic) bond motifs is 1. The zero-order valence-electron chi connectivity index (χ0n) is 14.0. The number of hydrogen-bond donors (Lipinski definition) is 1. The molecule has 1 N–H and O–H groups in total. The number of rotatable bonds is 4. The molecule has 1 aromatic heterocycles. The van der Waals surface area contributed by atoms with Crippen molar-refractivity contribution in [2.75, 3.05) is 7.11 Å². The van der Waals surface area contributed by atoms with Crippen LogP contribution in [0.5, 0.6) is 5.75 Å². The molecular formula is C19H13F3N2O2S. The van der Waals surface area contributed by atoms with Crippen molar-refractivity contribution in [2.45, 2.75) is 12.6 Å². The zero-order valence-corrected chi connectivity index (χ0v) is 14.9. The number of aromatic nitrogens is 1. The number of benzene rings is 2. The molecule has 27 heavy (non-hydrogen) atoms. The lowest BCUT2D eigenvalue weighted by Gasteiger charge is -2.05. The van der Waals surface area contributed by atoms with Crippen LogP contribution in [0.15, 0.2) is 48.2 Å². The Kier molecular flexibility index (Phi) is 5.06. The van der Waals surface area contributed by atoms with Crippen LogP contribution in [0.4, 0.5) is 13.2 Å². The van der Waals surface area contributed by atoms with Crippen LogP contribution in [-0.2, 0) is 12.6 Å². The van der Waals surface area contributed by atoms with E-state index in [9.17, 15) is 23.5 Å². The van der Waals surface area contributed by atoms with Gasteiger partial charge in [0.2, 0.25) is 0 Å². The fourth-order valence-corrected chi connectivity index (χ4v) is 3.43. The molecule has 138 valence electrons. The van der Waals surface area contributed by atoms with Gasteiger partial charge in [-0.2, -0.15) is 18.4 Å². The highest BCUT2D eigenvalue weighted by molar-refractivity contribution is 7.19. The highest BCUT2D eigenvalue weighted by atomic mass is 32.1. The lowest BCUT2D eigenvalue weighted by Crippen LogP contribution is -2.03. The van der Waals surface area contributed by atoms with Gasteiger partial charge in [-0.3, -0.25) is 0 Å². The second-order valence-corrected chi connectivity index (χ2v) is 6.69. The molecule has 0 amide bonds. The molecule has 0 saturated carbocycles. The standard InChI is InChI=1S/C19H13F3N2O2S/c1-26-13-5-2-11(3-6-13)8-16(25)14(10-23)18-24-15-9-12(19(20,21)22)4-7-17(15)27-18/h2-7,9,25H,8H2,1H3. The normalized spacial score (nSPS) is 12.6. The Morgan fingerprint density at radius 2 is 1.93 bits per heavy atom. The average molecular weight is 390 g/mol. The lowest BCUT2D eigenvalue weighted by molar-refractivity contribution is -0.137. The van der Waals surface area contributed by atoms with Crippen LogP contribution in [0.3, 0.4) is 0 Å². The molecule has 0 bridgehead atoms. The molecule has 0 spiro atoms. The van der Waals surface area contributed by atoms with Gasteiger partial charge in [-0.1, -0.05) is 12.1 Å². The summed E-state index contributed by atoms with van der Waals surface area (Å²) in [4.78, 5) is 4.11. The number of hydrogen-bond acceptors (Lipinski definition) is 5. The molecule has 0 fully saturated rings. The summed E-state index contributed by atoms with van der Waals surface area (Å²) in [5, 5.41) is 20.0. The van der Waals surface area contributed by atoms with Crippen LogP contribution in [0, 0.1) is 11.3 Å². The number of nitriles is 1. The van der Waals surface area contributed by atoms with Crippen molar-refractivity contribution in [1.29, 1.82) is 5.26 Å². The van der Waals surface area contributed by atoms with Crippen LogP contribution in [-0.4, -0.2) is 17.2 Å². The molecule has 4 nitrogen and oxygen atoms in total. The zero-order chi connectivity index (χ0) is 19.6. The van der Waals surface area contributed by atoms with Crippen LogP contribution in [0.25, 0.3) is 15.8 Å². The summed E-state index contributed by atoms with van der Waals surface area (Å²) in [6.45, 7) is 0. The van der Waals surface area contributed by atoms with E-state index in [1.807, 2.05) is 6.07 Å². The average Bonchev–Trinajstić information content (AvgIpc) is 3.05. The lowest BCUT2D eigenvalue weighted by atomic mass is 10.1. The molecule has 2 aromatic carbocycles. The molecule has 3 aromatic rings. The maximum Gasteiger partial charge on any atom is 0.416 e. The van der Waals surface area contributed by atoms with Gasteiger partial charge in [0.1, 0.15) is 28.2 Å². The Bertz CT molecular complexity index is 1050. The van der Waals surface area contributed by atoms with Crippen molar-refractivity contribution in [3.63, 3.8) is 0 Å². The van der Waals surface area contributed by atoms with E-state index in [1.165, 1.54) is 13.2 Å². The van der Waals surface area contributed by atoms with Gasteiger partial charge in [0.25, 0.3) is 0 Å². The van der Waals surface area contributed by atoms with Crippen LogP contribution in [0.2, 0.25) is 0 Å². The van der Waals surface area contributed by atoms with E-state index in [0.29, 0.717) is 10.4 Å². The predicted octanol–water partition coefficient (Wildman–Crippen LogP) is 5.36. The first-order valence-corrected chi connectivity index (χ1v) is 8.56. The number of halogens is 3. The van der Waals surface area contributed by atoms with E-state index in [2.05, 4.69) is 4.98 Å². The quantitative estimate of drug-likeness (QED) is 0.481. The molecule has 0 unspecified atom stereocenters. The molecule has 0 aliphatic heterocycles. The van der Waals surface area contributed by atoms with E-state index in [0.717, 1.165) is 29.0 Å². The van der Waals surface area contributed by atoms with Crippen molar-refractivity contribution in [3.8, 4) is 11.8 Å². The third-order valence-corrected chi connectivity index (χ3v) is 4.91. The van der Waals surface area contributed by atoms with E-state index in [-0.39, 0.29) is 28.3 Å². The third-order valence-electron chi connectivity index (χ3n) is 3.86. The molecule has 8 heteroatoms. The number of ether oxygens (including phenoxy) is 1. The van der Waals surface area contributed by atoms with Crippen LogP contribution >= 0.6 is 11.3 Å². The maximum atomic E-state index is 12.8. The first-order chi connectivity index (χ1) is 12.8. The summed E-state index contributed by atoms with van der Waals surface area (Å²) in [5.41, 5.74) is 0.0220. The Hall–Kier alpha value is -3.05. The molecule has 3 rings (SSSR count). The Morgan fingerprint density at radius 3 is 2.52 bits per heavy atom. The number of aliphatic hydroxyl groups is 1. The van der Waals surface area contributed by atoms with Gasteiger partial charge >= 0.3 is 6.18 Å². The van der Waals surface area contributed by atoms with Crippen molar-refractivity contribution in [3.05, 3.63) is 64.4 Å². The van der Waals surface area contributed by atoms with Crippen molar-refractivity contribution >= 4 is 27.1 Å². The van der Waals surface area contributed by atoms with Crippen molar-refractivity contribution in [1.82, 2.24) is 4.98 Å². The first-order valence-electron chi connectivity index (χ1n) is 7.75. The molecule has 0 atom stereocenters. The predicted molar refractivity (Wildman–Crippen MR) is 96.5 cm³/mol. The summed E-state index contributed by atoms with van der Waals surface area (Å²) >= 11 is 1.06. The highest BCUT2D eigenvalue weighted by Gasteiger charge is 2.31. The number of thiazole rings is 1. The fraction of sp³-hybridized carbons (Fsp3) is 0.158. The summed E-state index contributed by atoms with van der Waals surface area (Å²) in [6, 6.07) is 12.1. The Labute approximate surface area is 156 Å². The molecule has 0 radical (unpaired) electrons. The number of aliphatic hydroxyl groups excluding tert-OH is 1. The minimum atomic E-state index is -4.47. The Balaban J connectivity index is 1.95. The summed E-state index contributed by atoms with van der Waals surface area (Å²) in [7, 11) is 1.54. The van der Waals surface area contributed by atoms with Crippen LogP contribution in [0.1, 0.15) is 16.1 Å². The minimum absolute atomic E-state index is 0.0550. The molecule has 0 aliphatic rings. The van der Waals surface area contributed by atoms with Crippen molar-refractivity contribution < 1.29 is 23.0 Å².